The van der Waals surface area contributed by atoms with Gasteiger partial charge in [-0.2, -0.15) is 0 Å². The van der Waals surface area contributed by atoms with Crippen LogP contribution in [0, 0.1) is 0 Å². The Balaban J connectivity index is 2.57. The number of carbonyl (C=O) groups excluding carboxylic acids is 1. The maximum atomic E-state index is 12.2. The Morgan fingerprint density at radius 2 is 1.83 bits per heavy atom. The van der Waals surface area contributed by atoms with E-state index in [4.69, 9.17) is 4.74 Å². The molecule has 0 aromatic heterocycles. The van der Waals surface area contributed by atoms with Gasteiger partial charge in [0.1, 0.15) is 5.60 Å². The summed E-state index contributed by atoms with van der Waals surface area (Å²) in [7, 11) is 2.19. The largest absolute Gasteiger partial charge is 0.444 e. The van der Waals surface area contributed by atoms with Gasteiger partial charge in [-0.05, 0) is 73.0 Å². The fourth-order valence-corrected chi connectivity index (χ4v) is 3.02. The average molecular weight is 328 g/mol. The number of hydrogen-bond donors (Lipinski definition) is 2. The molecule has 1 amide bonds. The summed E-state index contributed by atoms with van der Waals surface area (Å²) in [5.74, 6) is 0. The lowest BCUT2D eigenvalue weighted by Crippen LogP contribution is -2.56. The second-order valence-electron chi connectivity index (χ2n) is 7.93. The van der Waals surface area contributed by atoms with Gasteiger partial charge in [0.15, 0.2) is 0 Å². The molecule has 1 aliphatic rings. The Morgan fingerprint density at radius 1 is 1.17 bits per heavy atom. The molecule has 23 heavy (non-hydrogen) atoms. The van der Waals surface area contributed by atoms with Crippen LogP contribution in [0.5, 0.6) is 0 Å². The monoisotopic (exact) mass is 327 g/mol. The van der Waals surface area contributed by atoms with E-state index in [0.717, 1.165) is 25.9 Å². The molecule has 1 fully saturated rings. The second-order valence-corrected chi connectivity index (χ2v) is 7.93. The van der Waals surface area contributed by atoms with Crippen LogP contribution >= 0.6 is 0 Å². The third-order valence-electron chi connectivity index (χ3n) is 4.80. The maximum absolute atomic E-state index is 12.2. The molecule has 5 heteroatoms. The van der Waals surface area contributed by atoms with Crippen LogP contribution in [0.25, 0.3) is 0 Å². The van der Waals surface area contributed by atoms with Gasteiger partial charge in [0, 0.05) is 12.6 Å². The Bertz CT molecular complexity index is 362. The van der Waals surface area contributed by atoms with Crippen LogP contribution in [-0.4, -0.2) is 54.9 Å². The van der Waals surface area contributed by atoms with Gasteiger partial charge in [0.25, 0.3) is 0 Å². The van der Waals surface area contributed by atoms with E-state index in [0.29, 0.717) is 6.04 Å². The number of rotatable bonds is 6. The number of nitrogens with zero attached hydrogens (tertiary/aromatic N) is 1. The smallest absolute Gasteiger partial charge is 0.408 e. The number of likely N-dealkylation sites (tertiary alicyclic amines) is 1. The van der Waals surface area contributed by atoms with E-state index in [1.54, 1.807) is 0 Å². The van der Waals surface area contributed by atoms with E-state index in [-0.39, 0.29) is 11.6 Å². The molecule has 0 saturated carbocycles. The lowest BCUT2D eigenvalue weighted by atomic mass is 9.92. The van der Waals surface area contributed by atoms with Gasteiger partial charge in [0.05, 0.1) is 5.54 Å². The van der Waals surface area contributed by atoms with E-state index in [9.17, 15) is 4.79 Å². The first kappa shape index (κ1) is 20.2. The molecule has 0 spiro atoms. The Morgan fingerprint density at radius 3 is 2.39 bits per heavy atom. The molecule has 1 aliphatic heterocycles. The van der Waals surface area contributed by atoms with Crippen molar-refractivity contribution < 1.29 is 9.53 Å². The van der Waals surface area contributed by atoms with Gasteiger partial charge in [-0.1, -0.05) is 13.8 Å². The lowest BCUT2D eigenvalue weighted by molar-refractivity contribution is 0.0443. The molecule has 1 atom stereocenters. The van der Waals surface area contributed by atoms with Crippen molar-refractivity contribution in [2.45, 2.75) is 83.9 Å². The minimum absolute atomic E-state index is 0.236. The van der Waals surface area contributed by atoms with Crippen molar-refractivity contribution in [1.29, 1.82) is 0 Å². The van der Waals surface area contributed by atoms with Crippen LogP contribution in [0.3, 0.4) is 0 Å². The highest BCUT2D eigenvalue weighted by Gasteiger charge is 2.31. The number of hydrogen-bond acceptors (Lipinski definition) is 4. The van der Waals surface area contributed by atoms with Crippen LogP contribution in [0.15, 0.2) is 0 Å². The molecule has 2 N–H and O–H groups in total. The fourth-order valence-electron chi connectivity index (χ4n) is 3.02. The summed E-state index contributed by atoms with van der Waals surface area (Å²) in [5.41, 5.74) is -0.697. The third kappa shape index (κ3) is 7.53. The predicted octanol–water partition coefficient (Wildman–Crippen LogP) is 3.14. The van der Waals surface area contributed by atoms with Crippen molar-refractivity contribution in [3.8, 4) is 0 Å². The van der Waals surface area contributed by atoms with Crippen LogP contribution in [0.4, 0.5) is 4.79 Å². The third-order valence-corrected chi connectivity index (χ3v) is 4.80. The van der Waals surface area contributed by atoms with Gasteiger partial charge < -0.3 is 20.3 Å². The Hall–Kier alpha value is -0.810. The molecule has 0 aromatic rings. The summed E-state index contributed by atoms with van der Waals surface area (Å²) in [6.45, 7) is 13.1. The van der Waals surface area contributed by atoms with E-state index in [2.05, 4.69) is 36.4 Å². The van der Waals surface area contributed by atoms with Crippen molar-refractivity contribution in [2.75, 3.05) is 26.7 Å². The Labute approximate surface area is 142 Å². The summed E-state index contributed by atoms with van der Waals surface area (Å²) >= 11 is 0. The minimum Gasteiger partial charge on any atom is -0.444 e. The van der Waals surface area contributed by atoms with Gasteiger partial charge in [0.2, 0.25) is 0 Å². The number of ether oxygens (including phenoxy) is 1. The van der Waals surface area contributed by atoms with Crippen molar-refractivity contribution in [3.05, 3.63) is 0 Å². The highest BCUT2D eigenvalue weighted by molar-refractivity contribution is 5.68. The molecule has 0 bridgehead atoms. The van der Waals surface area contributed by atoms with Crippen molar-refractivity contribution in [3.63, 3.8) is 0 Å². The standard InChI is InChI=1S/C18H37N3O2/c1-7-18(8-2,20-16(22)23-17(3,4)5)14-19-15-10-9-12-21(6)13-11-15/h15,19H,7-14H2,1-6H3,(H,20,22). The summed E-state index contributed by atoms with van der Waals surface area (Å²) in [6.07, 6.45) is 5.08. The molecule has 1 unspecified atom stereocenters. The molecule has 1 rings (SSSR count). The molecule has 1 saturated heterocycles. The number of amides is 1. The maximum Gasteiger partial charge on any atom is 0.408 e. The van der Waals surface area contributed by atoms with Crippen molar-refractivity contribution in [2.24, 2.45) is 0 Å². The number of alkyl carbamates (subject to hydrolysis) is 1. The summed E-state index contributed by atoms with van der Waals surface area (Å²) in [4.78, 5) is 14.6. The number of carbonyl (C=O) groups is 1. The minimum atomic E-state index is -0.462. The highest BCUT2D eigenvalue weighted by Crippen LogP contribution is 2.18. The van der Waals surface area contributed by atoms with E-state index in [1.165, 1.54) is 25.8 Å². The Kier molecular flexibility index (Phi) is 7.81. The molecule has 0 radical (unpaired) electrons. The van der Waals surface area contributed by atoms with Crippen molar-refractivity contribution in [1.82, 2.24) is 15.5 Å². The SMILES string of the molecule is CCC(CC)(CNC1CCCN(C)CC1)NC(=O)OC(C)(C)C. The normalized spacial score (nSPS) is 20.9. The van der Waals surface area contributed by atoms with E-state index < -0.39 is 5.60 Å². The molecular weight excluding hydrogens is 290 g/mol. The molecule has 0 aliphatic carbocycles. The molecule has 5 nitrogen and oxygen atoms in total. The quantitative estimate of drug-likeness (QED) is 0.787. The van der Waals surface area contributed by atoms with Crippen LogP contribution in [0.1, 0.15) is 66.7 Å². The molecule has 1 heterocycles. The van der Waals surface area contributed by atoms with Crippen LogP contribution in [0.2, 0.25) is 0 Å². The predicted molar refractivity (Wildman–Crippen MR) is 95.8 cm³/mol. The van der Waals surface area contributed by atoms with Crippen LogP contribution < -0.4 is 10.6 Å². The average Bonchev–Trinajstić information content (AvgIpc) is 2.66. The summed E-state index contributed by atoms with van der Waals surface area (Å²) < 4.78 is 5.44. The zero-order valence-electron chi connectivity index (χ0n) is 16.0. The molecule has 0 aromatic carbocycles. The van der Waals surface area contributed by atoms with Gasteiger partial charge >= 0.3 is 6.09 Å². The zero-order chi connectivity index (χ0) is 17.5. The topological polar surface area (TPSA) is 53.6 Å². The first-order valence-electron chi connectivity index (χ1n) is 9.13. The van der Waals surface area contributed by atoms with Crippen molar-refractivity contribution >= 4 is 6.09 Å². The zero-order valence-corrected chi connectivity index (χ0v) is 16.0. The molecular formula is C18H37N3O2. The van der Waals surface area contributed by atoms with E-state index >= 15 is 0 Å². The molecule has 136 valence electrons. The summed E-state index contributed by atoms with van der Waals surface area (Å²) in [6, 6.07) is 0.540. The first-order chi connectivity index (χ1) is 10.7. The van der Waals surface area contributed by atoms with Gasteiger partial charge in [-0.25, -0.2) is 4.79 Å². The van der Waals surface area contributed by atoms with Crippen LogP contribution in [-0.2, 0) is 4.74 Å². The highest BCUT2D eigenvalue weighted by atomic mass is 16.6. The van der Waals surface area contributed by atoms with E-state index in [1.807, 2.05) is 20.8 Å². The number of nitrogens with one attached hydrogen (secondary N) is 2. The lowest BCUT2D eigenvalue weighted by Gasteiger charge is -2.35. The summed E-state index contributed by atoms with van der Waals surface area (Å²) in [5, 5.41) is 6.81. The first-order valence-corrected chi connectivity index (χ1v) is 9.13. The van der Waals surface area contributed by atoms with Gasteiger partial charge in [-0.15, -0.1) is 0 Å². The second kappa shape index (κ2) is 8.88. The van der Waals surface area contributed by atoms with Gasteiger partial charge in [-0.3, -0.25) is 0 Å². The fraction of sp³-hybridized carbons (Fsp3) is 0.944.